The van der Waals surface area contributed by atoms with Crippen LogP contribution in [-0.4, -0.2) is 37.5 Å². The normalized spacial score (nSPS) is 10.7. The maximum absolute atomic E-state index is 12.2. The Kier molecular flexibility index (Phi) is 5.76. The Balaban J connectivity index is 1.97. The van der Waals surface area contributed by atoms with Gasteiger partial charge in [0.2, 0.25) is 5.91 Å². The summed E-state index contributed by atoms with van der Waals surface area (Å²) in [5, 5.41) is 2.83. The van der Waals surface area contributed by atoms with E-state index in [1.54, 1.807) is 18.2 Å². The SMILES string of the molecule is COC(=O)c1ccc(C)c(NC(=O)CN(C)Cc2ccc(C)o2)c1. The molecule has 0 atom stereocenters. The van der Waals surface area contributed by atoms with Crippen molar-refractivity contribution >= 4 is 17.6 Å². The van der Waals surface area contributed by atoms with Gasteiger partial charge in [-0.05, 0) is 50.7 Å². The van der Waals surface area contributed by atoms with Crippen LogP contribution >= 0.6 is 0 Å². The largest absolute Gasteiger partial charge is 0.465 e. The van der Waals surface area contributed by atoms with Gasteiger partial charge < -0.3 is 14.5 Å². The van der Waals surface area contributed by atoms with E-state index in [2.05, 4.69) is 5.32 Å². The van der Waals surface area contributed by atoms with E-state index in [0.29, 0.717) is 17.8 Å². The summed E-state index contributed by atoms with van der Waals surface area (Å²) in [6.45, 7) is 4.50. The summed E-state index contributed by atoms with van der Waals surface area (Å²) in [7, 11) is 3.17. The van der Waals surface area contributed by atoms with Gasteiger partial charge in [0.05, 0.1) is 25.8 Å². The van der Waals surface area contributed by atoms with Gasteiger partial charge in [-0.3, -0.25) is 9.69 Å². The molecule has 2 aromatic rings. The Morgan fingerprint density at radius 3 is 2.58 bits per heavy atom. The summed E-state index contributed by atoms with van der Waals surface area (Å²) >= 11 is 0. The highest BCUT2D eigenvalue weighted by atomic mass is 16.5. The lowest BCUT2D eigenvalue weighted by molar-refractivity contribution is -0.117. The molecule has 0 saturated carbocycles. The van der Waals surface area contributed by atoms with Crippen molar-refractivity contribution in [3.63, 3.8) is 0 Å². The summed E-state index contributed by atoms with van der Waals surface area (Å²) < 4.78 is 10.2. The predicted octanol–water partition coefficient (Wildman–Crippen LogP) is 2.75. The molecule has 0 aliphatic carbocycles. The summed E-state index contributed by atoms with van der Waals surface area (Å²) in [5.74, 6) is 1.06. The van der Waals surface area contributed by atoms with Crippen LogP contribution in [0, 0.1) is 13.8 Å². The molecule has 6 nitrogen and oxygen atoms in total. The maximum atomic E-state index is 12.2. The number of esters is 1. The van der Waals surface area contributed by atoms with Crippen LogP contribution in [0.2, 0.25) is 0 Å². The zero-order valence-corrected chi connectivity index (χ0v) is 14.4. The molecule has 1 aromatic carbocycles. The molecule has 0 radical (unpaired) electrons. The number of benzene rings is 1. The Bertz CT molecular complexity index is 736. The number of rotatable bonds is 6. The highest BCUT2D eigenvalue weighted by molar-refractivity contribution is 5.96. The Labute approximate surface area is 141 Å². The van der Waals surface area contributed by atoms with Crippen LogP contribution in [0.4, 0.5) is 5.69 Å². The van der Waals surface area contributed by atoms with Gasteiger partial charge >= 0.3 is 5.97 Å². The number of hydrogen-bond donors (Lipinski definition) is 1. The minimum absolute atomic E-state index is 0.161. The van der Waals surface area contributed by atoms with Crippen LogP contribution in [0.1, 0.15) is 27.4 Å². The molecule has 0 unspecified atom stereocenters. The molecule has 6 heteroatoms. The molecule has 1 amide bonds. The highest BCUT2D eigenvalue weighted by Gasteiger charge is 2.12. The molecule has 1 N–H and O–H groups in total. The highest BCUT2D eigenvalue weighted by Crippen LogP contribution is 2.17. The fourth-order valence-electron chi connectivity index (χ4n) is 2.33. The molecule has 0 spiro atoms. The number of methoxy groups -OCH3 is 1. The first-order valence-electron chi connectivity index (χ1n) is 7.61. The van der Waals surface area contributed by atoms with Crippen LogP contribution in [0.5, 0.6) is 0 Å². The number of ether oxygens (including phenoxy) is 1. The van der Waals surface area contributed by atoms with Crippen LogP contribution in [0.25, 0.3) is 0 Å². The van der Waals surface area contributed by atoms with Crippen molar-refractivity contribution < 1.29 is 18.7 Å². The van der Waals surface area contributed by atoms with Crippen molar-refractivity contribution in [2.45, 2.75) is 20.4 Å². The van der Waals surface area contributed by atoms with Gasteiger partial charge in [-0.15, -0.1) is 0 Å². The van der Waals surface area contributed by atoms with Gasteiger partial charge in [-0.2, -0.15) is 0 Å². The summed E-state index contributed by atoms with van der Waals surface area (Å²) in [6, 6.07) is 8.85. The van der Waals surface area contributed by atoms with Crippen LogP contribution in [0.3, 0.4) is 0 Å². The smallest absolute Gasteiger partial charge is 0.337 e. The Hall–Kier alpha value is -2.60. The molecule has 2 rings (SSSR count). The number of aryl methyl sites for hydroxylation is 2. The number of amides is 1. The monoisotopic (exact) mass is 330 g/mol. The minimum Gasteiger partial charge on any atom is -0.465 e. The summed E-state index contributed by atoms with van der Waals surface area (Å²) in [5.41, 5.74) is 1.88. The lowest BCUT2D eigenvalue weighted by atomic mass is 10.1. The fourth-order valence-corrected chi connectivity index (χ4v) is 2.33. The number of nitrogens with one attached hydrogen (secondary N) is 1. The number of carbonyl (C=O) groups excluding carboxylic acids is 2. The molecule has 128 valence electrons. The van der Waals surface area contributed by atoms with E-state index in [0.717, 1.165) is 17.1 Å². The van der Waals surface area contributed by atoms with E-state index in [-0.39, 0.29) is 12.5 Å². The van der Waals surface area contributed by atoms with E-state index in [4.69, 9.17) is 9.15 Å². The first kappa shape index (κ1) is 17.7. The first-order valence-corrected chi connectivity index (χ1v) is 7.61. The molecular weight excluding hydrogens is 308 g/mol. The summed E-state index contributed by atoms with van der Waals surface area (Å²) in [4.78, 5) is 25.7. The molecule has 0 aliphatic heterocycles. The third-order valence-electron chi connectivity index (χ3n) is 3.57. The van der Waals surface area contributed by atoms with Gasteiger partial charge in [-0.1, -0.05) is 6.07 Å². The number of nitrogens with zero attached hydrogens (tertiary/aromatic N) is 1. The van der Waals surface area contributed by atoms with Gasteiger partial charge in [0.15, 0.2) is 0 Å². The Morgan fingerprint density at radius 2 is 1.96 bits per heavy atom. The van der Waals surface area contributed by atoms with Gasteiger partial charge in [0.1, 0.15) is 11.5 Å². The van der Waals surface area contributed by atoms with E-state index >= 15 is 0 Å². The molecule has 0 saturated heterocycles. The molecule has 1 aromatic heterocycles. The predicted molar refractivity (Wildman–Crippen MR) is 90.9 cm³/mol. The maximum Gasteiger partial charge on any atom is 0.337 e. The number of carbonyl (C=O) groups is 2. The van der Waals surface area contributed by atoms with Crippen molar-refractivity contribution in [1.82, 2.24) is 4.90 Å². The lowest BCUT2D eigenvalue weighted by Gasteiger charge is -2.16. The molecule has 24 heavy (non-hydrogen) atoms. The molecular formula is C18H22N2O4. The minimum atomic E-state index is -0.434. The van der Waals surface area contributed by atoms with Crippen LogP contribution in [-0.2, 0) is 16.1 Å². The van der Waals surface area contributed by atoms with Crippen molar-refractivity contribution in [1.29, 1.82) is 0 Å². The second kappa shape index (κ2) is 7.79. The quantitative estimate of drug-likeness (QED) is 0.825. The van der Waals surface area contributed by atoms with E-state index < -0.39 is 5.97 Å². The molecule has 0 aliphatic rings. The standard InChI is InChI=1S/C18H22N2O4/c1-12-5-7-14(18(22)23-4)9-16(12)19-17(21)11-20(3)10-15-8-6-13(2)24-15/h5-9H,10-11H2,1-4H3,(H,19,21). The fraction of sp³-hybridized carbons (Fsp3) is 0.333. The zero-order valence-electron chi connectivity index (χ0n) is 14.4. The number of likely N-dealkylation sites (N-methyl/N-ethyl adjacent to an activating group) is 1. The molecule has 0 bridgehead atoms. The first-order chi connectivity index (χ1) is 11.4. The van der Waals surface area contributed by atoms with Gasteiger partial charge in [-0.25, -0.2) is 4.79 Å². The number of hydrogen-bond acceptors (Lipinski definition) is 5. The number of anilines is 1. The third kappa shape index (κ3) is 4.70. The van der Waals surface area contributed by atoms with Gasteiger partial charge in [0, 0.05) is 5.69 Å². The van der Waals surface area contributed by atoms with E-state index in [1.807, 2.05) is 37.9 Å². The molecule has 0 fully saturated rings. The average molecular weight is 330 g/mol. The second-order valence-corrected chi connectivity index (χ2v) is 5.75. The zero-order chi connectivity index (χ0) is 17.7. The molecule has 1 heterocycles. The van der Waals surface area contributed by atoms with Crippen LogP contribution < -0.4 is 5.32 Å². The topological polar surface area (TPSA) is 71.8 Å². The van der Waals surface area contributed by atoms with E-state index in [1.165, 1.54) is 7.11 Å². The van der Waals surface area contributed by atoms with Crippen molar-refractivity contribution in [2.24, 2.45) is 0 Å². The van der Waals surface area contributed by atoms with E-state index in [9.17, 15) is 9.59 Å². The Morgan fingerprint density at radius 1 is 1.21 bits per heavy atom. The third-order valence-corrected chi connectivity index (χ3v) is 3.57. The second-order valence-electron chi connectivity index (χ2n) is 5.75. The van der Waals surface area contributed by atoms with Crippen molar-refractivity contribution in [3.05, 3.63) is 53.0 Å². The number of furan rings is 1. The van der Waals surface area contributed by atoms with Gasteiger partial charge in [0.25, 0.3) is 0 Å². The van der Waals surface area contributed by atoms with Crippen molar-refractivity contribution in [3.8, 4) is 0 Å². The van der Waals surface area contributed by atoms with Crippen molar-refractivity contribution in [2.75, 3.05) is 26.0 Å². The lowest BCUT2D eigenvalue weighted by Crippen LogP contribution is -2.30. The average Bonchev–Trinajstić information content (AvgIpc) is 2.93. The summed E-state index contributed by atoms with van der Waals surface area (Å²) in [6.07, 6.45) is 0. The van der Waals surface area contributed by atoms with Crippen LogP contribution in [0.15, 0.2) is 34.7 Å².